The highest BCUT2D eigenvalue weighted by atomic mass is 79.9. The van der Waals surface area contributed by atoms with Crippen molar-refractivity contribution in [2.75, 3.05) is 6.54 Å². The molecule has 94 valence electrons. The summed E-state index contributed by atoms with van der Waals surface area (Å²) >= 11 is 3.45. The molecule has 1 aromatic carbocycles. The first kappa shape index (κ1) is 12.0. The molecule has 1 atom stereocenters. The van der Waals surface area contributed by atoms with Crippen LogP contribution >= 0.6 is 15.9 Å². The maximum atomic E-state index is 12.1. The Morgan fingerprint density at radius 2 is 2.00 bits per heavy atom. The molecule has 1 aliphatic heterocycles. The lowest BCUT2D eigenvalue weighted by Gasteiger charge is -2.28. The zero-order valence-electron chi connectivity index (χ0n) is 10.2. The summed E-state index contributed by atoms with van der Waals surface area (Å²) in [6, 6.07) is 8.37. The van der Waals surface area contributed by atoms with E-state index in [2.05, 4.69) is 51.7 Å². The van der Waals surface area contributed by atoms with Gasteiger partial charge in [0.1, 0.15) is 0 Å². The molecular formula is C15H16BrNO. The maximum Gasteiger partial charge on any atom is 0.223 e. The summed E-state index contributed by atoms with van der Waals surface area (Å²) in [6.07, 6.45) is 4.71. The van der Waals surface area contributed by atoms with E-state index in [4.69, 9.17) is 0 Å². The summed E-state index contributed by atoms with van der Waals surface area (Å²) in [5, 5.41) is 0. The van der Waals surface area contributed by atoms with Gasteiger partial charge in [-0.15, -0.1) is 6.58 Å². The third-order valence-corrected chi connectivity index (χ3v) is 4.64. The van der Waals surface area contributed by atoms with Gasteiger partial charge in [0.2, 0.25) is 5.91 Å². The smallest absolute Gasteiger partial charge is 0.223 e. The minimum absolute atomic E-state index is 0.0183. The van der Waals surface area contributed by atoms with Gasteiger partial charge in [-0.05, 0) is 30.5 Å². The third-order valence-electron chi connectivity index (χ3n) is 4.11. The van der Waals surface area contributed by atoms with Crippen molar-refractivity contribution in [3.8, 4) is 0 Å². The second kappa shape index (κ2) is 4.23. The molecular weight excluding hydrogens is 290 g/mol. The number of likely N-dealkylation sites (tertiary alicyclic amines) is 1. The van der Waals surface area contributed by atoms with Crippen molar-refractivity contribution in [1.82, 2.24) is 4.90 Å². The number of benzene rings is 1. The second-order valence-electron chi connectivity index (χ2n) is 5.24. The lowest BCUT2D eigenvalue weighted by atomic mass is 10.0. The first-order valence-electron chi connectivity index (χ1n) is 6.35. The Bertz CT molecular complexity index is 490. The van der Waals surface area contributed by atoms with E-state index in [9.17, 15) is 4.79 Å². The van der Waals surface area contributed by atoms with Crippen molar-refractivity contribution in [2.24, 2.45) is 5.92 Å². The number of halogens is 1. The fraction of sp³-hybridized carbons (Fsp3) is 0.400. The van der Waals surface area contributed by atoms with Crippen LogP contribution in [-0.2, 0) is 10.3 Å². The van der Waals surface area contributed by atoms with Gasteiger partial charge in [-0.25, -0.2) is 0 Å². The van der Waals surface area contributed by atoms with E-state index in [-0.39, 0.29) is 11.4 Å². The molecule has 1 aliphatic carbocycles. The van der Waals surface area contributed by atoms with Gasteiger partial charge in [0.25, 0.3) is 0 Å². The molecule has 2 nitrogen and oxygen atoms in total. The zero-order valence-corrected chi connectivity index (χ0v) is 11.8. The lowest BCUT2D eigenvalue weighted by molar-refractivity contribution is -0.130. The molecule has 0 bridgehead atoms. The average Bonchev–Trinajstić information content (AvgIpc) is 3.08. The highest BCUT2D eigenvalue weighted by Gasteiger charge is 2.53. The minimum atomic E-state index is -0.0183. The summed E-state index contributed by atoms with van der Waals surface area (Å²) in [5.74, 6) is 0.603. The normalized spacial score (nSPS) is 25.3. The van der Waals surface area contributed by atoms with Crippen molar-refractivity contribution in [2.45, 2.75) is 24.8 Å². The van der Waals surface area contributed by atoms with Gasteiger partial charge in [0, 0.05) is 23.4 Å². The Morgan fingerprint density at radius 1 is 1.33 bits per heavy atom. The van der Waals surface area contributed by atoms with Crippen LogP contribution in [0.25, 0.3) is 0 Å². The molecule has 0 radical (unpaired) electrons. The predicted molar refractivity (Wildman–Crippen MR) is 75.1 cm³/mol. The van der Waals surface area contributed by atoms with Crippen LogP contribution in [0.5, 0.6) is 0 Å². The van der Waals surface area contributed by atoms with E-state index in [1.807, 2.05) is 6.08 Å². The Labute approximate surface area is 116 Å². The van der Waals surface area contributed by atoms with E-state index in [1.165, 1.54) is 5.56 Å². The number of rotatable bonds is 3. The maximum absolute atomic E-state index is 12.1. The van der Waals surface area contributed by atoms with Crippen LogP contribution in [0.2, 0.25) is 0 Å². The molecule has 3 rings (SSSR count). The summed E-state index contributed by atoms with van der Waals surface area (Å²) < 4.78 is 1.08. The lowest BCUT2D eigenvalue weighted by Crippen LogP contribution is -2.36. The van der Waals surface area contributed by atoms with Crippen LogP contribution in [0, 0.1) is 5.92 Å². The van der Waals surface area contributed by atoms with E-state index in [0.29, 0.717) is 12.3 Å². The standard InChI is InChI=1S/C15H16BrNO/c1-2-11-9-14(18)17(10-11)15(7-8-15)12-3-5-13(16)6-4-12/h2-6,11H,1,7-10H2. The first-order valence-corrected chi connectivity index (χ1v) is 7.14. The number of amides is 1. The molecule has 1 unspecified atom stereocenters. The molecule has 0 aromatic heterocycles. The van der Waals surface area contributed by atoms with Crippen LogP contribution in [0.1, 0.15) is 24.8 Å². The SMILES string of the molecule is C=CC1CC(=O)N(C2(c3ccc(Br)cc3)CC2)C1. The molecule has 1 amide bonds. The minimum Gasteiger partial charge on any atom is -0.332 e. The Morgan fingerprint density at radius 3 is 2.50 bits per heavy atom. The van der Waals surface area contributed by atoms with Crippen molar-refractivity contribution >= 4 is 21.8 Å². The topological polar surface area (TPSA) is 20.3 Å². The highest BCUT2D eigenvalue weighted by molar-refractivity contribution is 9.10. The van der Waals surface area contributed by atoms with Gasteiger partial charge in [-0.3, -0.25) is 4.79 Å². The molecule has 1 saturated carbocycles. The summed E-state index contributed by atoms with van der Waals surface area (Å²) in [4.78, 5) is 14.2. The van der Waals surface area contributed by atoms with Crippen LogP contribution < -0.4 is 0 Å². The molecule has 1 saturated heterocycles. The summed E-state index contributed by atoms with van der Waals surface area (Å²) in [6.45, 7) is 4.65. The van der Waals surface area contributed by atoms with Crippen molar-refractivity contribution < 1.29 is 4.79 Å². The number of hydrogen-bond donors (Lipinski definition) is 0. The van der Waals surface area contributed by atoms with E-state index in [1.54, 1.807) is 0 Å². The van der Waals surface area contributed by atoms with Crippen molar-refractivity contribution in [3.05, 3.63) is 47.0 Å². The molecule has 0 spiro atoms. The van der Waals surface area contributed by atoms with E-state index in [0.717, 1.165) is 23.9 Å². The van der Waals surface area contributed by atoms with Gasteiger partial charge in [0.05, 0.1) is 5.54 Å². The molecule has 1 heterocycles. The van der Waals surface area contributed by atoms with Gasteiger partial charge in [-0.2, -0.15) is 0 Å². The van der Waals surface area contributed by atoms with Crippen LogP contribution in [0.15, 0.2) is 41.4 Å². The van der Waals surface area contributed by atoms with E-state index < -0.39 is 0 Å². The fourth-order valence-electron chi connectivity index (χ4n) is 2.90. The number of hydrogen-bond acceptors (Lipinski definition) is 1. The zero-order chi connectivity index (χ0) is 12.8. The Balaban J connectivity index is 1.89. The number of carbonyl (C=O) groups is 1. The average molecular weight is 306 g/mol. The van der Waals surface area contributed by atoms with Gasteiger partial charge in [0.15, 0.2) is 0 Å². The molecule has 18 heavy (non-hydrogen) atoms. The molecule has 3 heteroatoms. The Hall–Kier alpha value is -1.09. The highest BCUT2D eigenvalue weighted by Crippen LogP contribution is 2.53. The summed E-state index contributed by atoms with van der Waals surface area (Å²) in [5.41, 5.74) is 1.25. The van der Waals surface area contributed by atoms with Crippen LogP contribution in [0.4, 0.5) is 0 Å². The molecule has 0 N–H and O–H groups in total. The summed E-state index contributed by atoms with van der Waals surface area (Å²) in [7, 11) is 0. The van der Waals surface area contributed by atoms with Crippen LogP contribution in [-0.4, -0.2) is 17.4 Å². The van der Waals surface area contributed by atoms with Gasteiger partial charge >= 0.3 is 0 Å². The monoisotopic (exact) mass is 305 g/mol. The first-order chi connectivity index (χ1) is 8.65. The third kappa shape index (κ3) is 1.81. The molecule has 1 aromatic rings. The van der Waals surface area contributed by atoms with Crippen LogP contribution in [0.3, 0.4) is 0 Å². The predicted octanol–water partition coefficient (Wildman–Crippen LogP) is 3.47. The number of nitrogens with zero attached hydrogens (tertiary/aromatic N) is 1. The molecule has 2 fully saturated rings. The largest absolute Gasteiger partial charge is 0.332 e. The van der Waals surface area contributed by atoms with Crippen molar-refractivity contribution in [1.29, 1.82) is 0 Å². The van der Waals surface area contributed by atoms with Crippen molar-refractivity contribution in [3.63, 3.8) is 0 Å². The fourth-order valence-corrected chi connectivity index (χ4v) is 3.16. The van der Waals surface area contributed by atoms with Gasteiger partial charge in [-0.1, -0.05) is 34.1 Å². The number of carbonyl (C=O) groups excluding carboxylic acids is 1. The van der Waals surface area contributed by atoms with Gasteiger partial charge < -0.3 is 4.90 Å². The second-order valence-corrected chi connectivity index (χ2v) is 6.16. The quantitative estimate of drug-likeness (QED) is 0.783. The molecule has 2 aliphatic rings. The Kier molecular flexibility index (Phi) is 2.81. The van der Waals surface area contributed by atoms with E-state index >= 15 is 0 Å².